The lowest BCUT2D eigenvalue weighted by Gasteiger charge is -2.43. The van der Waals surface area contributed by atoms with E-state index in [0.29, 0.717) is 12.3 Å². The first-order valence-corrected chi connectivity index (χ1v) is 8.38. The fourth-order valence-electron chi connectivity index (χ4n) is 3.09. The van der Waals surface area contributed by atoms with E-state index in [-0.39, 0.29) is 10.9 Å². The molecule has 0 bridgehead atoms. The molecule has 3 rings (SSSR count). The van der Waals surface area contributed by atoms with Gasteiger partial charge in [-0.1, -0.05) is 6.07 Å². The molecular formula is C15H21NO3S. The zero-order valence-corrected chi connectivity index (χ0v) is 12.4. The van der Waals surface area contributed by atoms with E-state index in [4.69, 9.17) is 15.2 Å². The molecule has 2 aliphatic heterocycles. The predicted octanol–water partition coefficient (Wildman–Crippen LogP) is 2.10. The van der Waals surface area contributed by atoms with Gasteiger partial charge in [-0.2, -0.15) is 0 Å². The van der Waals surface area contributed by atoms with Crippen LogP contribution in [0.5, 0.6) is 0 Å². The molecule has 2 unspecified atom stereocenters. The molecule has 2 aliphatic rings. The van der Waals surface area contributed by atoms with Gasteiger partial charge < -0.3 is 15.2 Å². The molecular weight excluding hydrogens is 274 g/mol. The topological polar surface area (TPSA) is 61.6 Å². The van der Waals surface area contributed by atoms with Crippen LogP contribution in [0.4, 0.5) is 5.69 Å². The van der Waals surface area contributed by atoms with Crippen LogP contribution < -0.4 is 5.73 Å². The standard InChI is InChI=1S/C15H21NO3S/c16-12-2-1-3-13(10-12)20(17)14-4-7-19-15(11-14)5-8-18-9-6-15/h1-3,10,14H,4-9,11,16H2. The van der Waals surface area contributed by atoms with Gasteiger partial charge in [0.05, 0.1) is 16.4 Å². The zero-order valence-electron chi connectivity index (χ0n) is 11.5. The quantitative estimate of drug-likeness (QED) is 0.849. The first-order valence-electron chi connectivity index (χ1n) is 7.16. The third kappa shape index (κ3) is 2.90. The highest BCUT2D eigenvalue weighted by molar-refractivity contribution is 7.85. The Labute approximate surface area is 122 Å². The van der Waals surface area contributed by atoms with Crippen molar-refractivity contribution in [1.29, 1.82) is 0 Å². The molecule has 5 heteroatoms. The molecule has 0 amide bonds. The van der Waals surface area contributed by atoms with Gasteiger partial charge in [0.1, 0.15) is 0 Å². The first kappa shape index (κ1) is 14.0. The number of benzene rings is 1. The Morgan fingerprint density at radius 3 is 2.80 bits per heavy atom. The second-order valence-electron chi connectivity index (χ2n) is 5.63. The molecule has 0 saturated carbocycles. The van der Waals surface area contributed by atoms with Gasteiger partial charge in [-0.25, -0.2) is 0 Å². The fraction of sp³-hybridized carbons (Fsp3) is 0.600. The number of nitrogens with two attached hydrogens (primary N) is 1. The maximum absolute atomic E-state index is 12.7. The molecule has 2 atom stereocenters. The lowest BCUT2D eigenvalue weighted by Crippen LogP contribution is -2.46. The molecule has 0 aromatic heterocycles. The van der Waals surface area contributed by atoms with Crippen LogP contribution in [-0.4, -0.2) is 34.9 Å². The van der Waals surface area contributed by atoms with E-state index < -0.39 is 10.8 Å². The number of ether oxygens (including phenoxy) is 2. The molecule has 110 valence electrons. The molecule has 0 aliphatic carbocycles. The van der Waals surface area contributed by atoms with Crippen molar-refractivity contribution in [1.82, 2.24) is 0 Å². The van der Waals surface area contributed by atoms with E-state index in [1.807, 2.05) is 24.3 Å². The Hall–Kier alpha value is -0.910. The third-order valence-corrected chi connectivity index (χ3v) is 5.97. The summed E-state index contributed by atoms with van der Waals surface area (Å²) in [5.41, 5.74) is 6.34. The molecule has 2 fully saturated rings. The van der Waals surface area contributed by atoms with E-state index in [1.165, 1.54) is 0 Å². The summed E-state index contributed by atoms with van der Waals surface area (Å²) in [4.78, 5) is 0.833. The molecule has 1 spiro atoms. The summed E-state index contributed by atoms with van der Waals surface area (Å²) >= 11 is 0. The SMILES string of the molecule is Nc1cccc(S(=O)C2CCOC3(CCOCC3)C2)c1. The van der Waals surface area contributed by atoms with Crippen LogP contribution in [0.25, 0.3) is 0 Å². The Morgan fingerprint density at radius 1 is 1.25 bits per heavy atom. The molecule has 20 heavy (non-hydrogen) atoms. The van der Waals surface area contributed by atoms with Crippen molar-refractivity contribution in [3.05, 3.63) is 24.3 Å². The van der Waals surface area contributed by atoms with Crippen molar-refractivity contribution in [2.24, 2.45) is 0 Å². The van der Waals surface area contributed by atoms with E-state index in [9.17, 15) is 4.21 Å². The number of hydrogen-bond donors (Lipinski definition) is 1. The third-order valence-electron chi connectivity index (χ3n) is 4.24. The Morgan fingerprint density at radius 2 is 2.05 bits per heavy atom. The van der Waals surface area contributed by atoms with Crippen LogP contribution in [0.1, 0.15) is 25.7 Å². The maximum Gasteiger partial charge on any atom is 0.0738 e. The van der Waals surface area contributed by atoms with Gasteiger partial charge in [0.25, 0.3) is 0 Å². The average Bonchev–Trinajstić information content (AvgIpc) is 2.47. The lowest BCUT2D eigenvalue weighted by atomic mass is 9.86. The van der Waals surface area contributed by atoms with Crippen LogP contribution in [0.3, 0.4) is 0 Å². The highest BCUT2D eigenvalue weighted by Gasteiger charge is 2.41. The van der Waals surface area contributed by atoms with E-state index in [2.05, 4.69) is 0 Å². The molecule has 1 aromatic rings. The zero-order chi connectivity index (χ0) is 14.0. The lowest BCUT2D eigenvalue weighted by molar-refractivity contribution is -0.131. The van der Waals surface area contributed by atoms with Crippen molar-refractivity contribution in [2.45, 2.75) is 41.4 Å². The van der Waals surface area contributed by atoms with Gasteiger partial charge in [-0.15, -0.1) is 0 Å². The van der Waals surface area contributed by atoms with Crippen LogP contribution >= 0.6 is 0 Å². The molecule has 2 saturated heterocycles. The Kier molecular flexibility index (Phi) is 4.10. The summed E-state index contributed by atoms with van der Waals surface area (Å²) in [6.07, 6.45) is 3.54. The van der Waals surface area contributed by atoms with Crippen molar-refractivity contribution >= 4 is 16.5 Å². The number of nitrogen functional groups attached to an aromatic ring is 1. The van der Waals surface area contributed by atoms with Crippen LogP contribution in [0, 0.1) is 0 Å². The highest BCUT2D eigenvalue weighted by Crippen LogP contribution is 2.37. The minimum absolute atomic E-state index is 0.114. The van der Waals surface area contributed by atoms with Crippen LogP contribution in [0.15, 0.2) is 29.2 Å². The van der Waals surface area contributed by atoms with E-state index in [1.54, 1.807) is 0 Å². The van der Waals surface area contributed by atoms with Crippen molar-refractivity contribution in [3.8, 4) is 0 Å². The number of hydrogen-bond acceptors (Lipinski definition) is 4. The summed E-state index contributed by atoms with van der Waals surface area (Å²) in [5.74, 6) is 0. The van der Waals surface area contributed by atoms with Gasteiger partial charge in [0.15, 0.2) is 0 Å². The summed E-state index contributed by atoms with van der Waals surface area (Å²) in [5, 5.41) is 0.156. The summed E-state index contributed by atoms with van der Waals surface area (Å²) in [6, 6.07) is 7.41. The molecule has 1 aromatic carbocycles. The van der Waals surface area contributed by atoms with E-state index in [0.717, 1.165) is 43.8 Å². The largest absolute Gasteiger partial charge is 0.399 e. The fourth-order valence-corrected chi connectivity index (χ4v) is 4.70. The minimum Gasteiger partial charge on any atom is -0.399 e. The van der Waals surface area contributed by atoms with Crippen molar-refractivity contribution in [3.63, 3.8) is 0 Å². The Bertz CT molecular complexity index is 494. The number of anilines is 1. The molecule has 4 nitrogen and oxygen atoms in total. The first-order chi connectivity index (χ1) is 9.69. The number of rotatable bonds is 2. The summed E-state index contributed by atoms with van der Waals surface area (Å²) < 4.78 is 24.2. The van der Waals surface area contributed by atoms with Gasteiger partial charge in [0.2, 0.25) is 0 Å². The van der Waals surface area contributed by atoms with Crippen molar-refractivity contribution < 1.29 is 13.7 Å². The van der Waals surface area contributed by atoms with Crippen LogP contribution in [-0.2, 0) is 20.3 Å². The van der Waals surface area contributed by atoms with E-state index >= 15 is 0 Å². The Balaban J connectivity index is 1.74. The van der Waals surface area contributed by atoms with Crippen LogP contribution in [0.2, 0.25) is 0 Å². The normalized spacial score (nSPS) is 27.3. The van der Waals surface area contributed by atoms with Crippen molar-refractivity contribution in [2.75, 3.05) is 25.6 Å². The molecule has 2 N–H and O–H groups in total. The second kappa shape index (κ2) is 5.84. The average molecular weight is 295 g/mol. The molecule has 2 heterocycles. The second-order valence-corrected chi connectivity index (χ2v) is 7.36. The predicted molar refractivity (Wildman–Crippen MR) is 79.0 cm³/mol. The van der Waals surface area contributed by atoms with Gasteiger partial charge in [0, 0.05) is 35.7 Å². The van der Waals surface area contributed by atoms with Gasteiger partial charge in [-0.3, -0.25) is 4.21 Å². The monoisotopic (exact) mass is 295 g/mol. The smallest absolute Gasteiger partial charge is 0.0738 e. The highest BCUT2D eigenvalue weighted by atomic mass is 32.2. The maximum atomic E-state index is 12.7. The van der Waals surface area contributed by atoms with Gasteiger partial charge >= 0.3 is 0 Å². The summed E-state index contributed by atoms with van der Waals surface area (Å²) in [7, 11) is -1.01. The molecule has 0 radical (unpaired) electrons. The van der Waals surface area contributed by atoms with Gasteiger partial charge in [-0.05, 0) is 43.9 Å². The summed E-state index contributed by atoms with van der Waals surface area (Å²) in [6.45, 7) is 2.19. The minimum atomic E-state index is -1.01.